The summed E-state index contributed by atoms with van der Waals surface area (Å²) in [5.74, 6) is 0.533. The van der Waals surface area contributed by atoms with Gasteiger partial charge in [0.2, 0.25) is 10.0 Å². The minimum Gasteiger partial charge on any atom is -0.309 e. The number of hydrogen-bond acceptors (Lipinski definition) is 4. The van der Waals surface area contributed by atoms with E-state index in [0.717, 1.165) is 24.3 Å². The average molecular weight is 300 g/mol. The topological polar surface area (TPSA) is 58.2 Å². The molecule has 0 aliphatic heterocycles. The Morgan fingerprint density at radius 2 is 2.16 bits per heavy atom. The zero-order valence-electron chi connectivity index (χ0n) is 11.1. The normalized spacial score (nSPS) is 26.6. The van der Waals surface area contributed by atoms with Crippen LogP contribution in [-0.2, 0) is 16.6 Å². The fourth-order valence-corrected chi connectivity index (χ4v) is 4.87. The summed E-state index contributed by atoms with van der Waals surface area (Å²) in [5.41, 5.74) is 0. The van der Waals surface area contributed by atoms with E-state index < -0.39 is 10.0 Å². The molecule has 2 aliphatic carbocycles. The number of hydrogen-bond donors (Lipinski definition) is 2. The standard InChI is InChI=1S/C13H20N2O2S2/c1-2-9-7-12(9)15-19(16,17)13-6-5-11(18-13)8-14-10-3-4-10/h5-6,9-10,12,14-15H,2-4,7-8H2,1H3. The van der Waals surface area contributed by atoms with Crippen molar-refractivity contribution in [2.75, 3.05) is 0 Å². The van der Waals surface area contributed by atoms with Gasteiger partial charge in [0.05, 0.1) is 0 Å². The second kappa shape index (κ2) is 5.16. The SMILES string of the molecule is CCC1CC1NS(=O)(=O)c1ccc(CNC2CC2)s1. The zero-order valence-corrected chi connectivity index (χ0v) is 12.7. The van der Waals surface area contributed by atoms with Crippen molar-refractivity contribution in [1.29, 1.82) is 0 Å². The third-order valence-electron chi connectivity index (χ3n) is 3.80. The van der Waals surface area contributed by atoms with Crippen molar-refractivity contribution < 1.29 is 8.42 Å². The smallest absolute Gasteiger partial charge is 0.250 e. The highest BCUT2D eigenvalue weighted by atomic mass is 32.2. The fraction of sp³-hybridized carbons (Fsp3) is 0.692. The van der Waals surface area contributed by atoms with Gasteiger partial charge in [0.25, 0.3) is 0 Å². The fourth-order valence-electron chi connectivity index (χ4n) is 2.23. The minimum atomic E-state index is -3.30. The Labute approximate surface area is 118 Å². The highest BCUT2D eigenvalue weighted by molar-refractivity contribution is 7.91. The summed E-state index contributed by atoms with van der Waals surface area (Å²) in [5, 5.41) is 3.40. The number of nitrogens with one attached hydrogen (secondary N) is 2. The van der Waals surface area contributed by atoms with Gasteiger partial charge in [-0.2, -0.15) is 0 Å². The first-order valence-electron chi connectivity index (χ1n) is 6.93. The zero-order chi connectivity index (χ0) is 13.5. The molecule has 2 atom stereocenters. The molecule has 2 unspecified atom stereocenters. The maximum atomic E-state index is 12.2. The van der Waals surface area contributed by atoms with Gasteiger partial charge in [-0.25, -0.2) is 13.1 Å². The lowest BCUT2D eigenvalue weighted by molar-refractivity contribution is 0.578. The first-order chi connectivity index (χ1) is 9.08. The second-order valence-electron chi connectivity index (χ2n) is 5.51. The van der Waals surface area contributed by atoms with Gasteiger partial charge in [0.15, 0.2) is 0 Å². The van der Waals surface area contributed by atoms with Crippen LogP contribution >= 0.6 is 11.3 Å². The summed E-state index contributed by atoms with van der Waals surface area (Å²) in [6.45, 7) is 2.89. The molecule has 4 nitrogen and oxygen atoms in total. The molecular weight excluding hydrogens is 280 g/mol. The molecule has 1 heterocycles. The molecular formula is C13H20N2O2S2. The maximum Gasteiger partial charge on any atom is 0.250 e. The summed E-state index contributed by atoms with van der Waals surface area (Å²) >= 11 is 1.38. The van der Waals surface area contributed by atoms with Crippen molar-refractivity contribution in [3.63, 3.8) is 0 Å². The molecule has 3 rings (SSSR count). The molecule has 19 heavy (non-hydrogen) atoms. The van der Waals surface area contributed by atoms with Gasteiger partial charge in [0, 0.05) is 23.5 Å². The molecule has 2 aliphatic rings. The highest BCUT2D eigenvalue weighted by Gasteiger charge is 2.38. The Kier molecular flexibility index (Phi) is 3.68. The third-order valence-corrected chi connectivity index (χ3v) is 6.86. The molecule has 106 valence electrons. The van der Waals surface area contributed by atoms with Gasteiger partial charge < -0.3 is 5.32 Å². The summed E-state index contributed by atoms with van der Waals surface area (Å²) < 4.78 is 27.6. The van der Waals surface area contributed by atoms with Crippen LogP contribution in [-0.4, -0.2) is 20.5 Å². The summed E-state index contributed by atoms with van der Waals surface area (Å²) in [7, 11) is -3.30. The van der Waals surface area contributed by atoms with E-state index in [9.17, 15) is 8.42 Å². The van der Waals surface area contributed by atoms with Crippen LogP contribution in [0.25, 0.3) is 0 Å². The Bertz CT molecular complexity index is 549. The van der Waals surface area contributed by atoms with E-state index in [2.05, 4.69) is 17.0 Å². The molecule has 1 aromatic heterocycles. The molecule has 2 N–H and O–H groups in total. The molecule has 2 saturated carbocycles. The second-order valence-corrected chi connectivity index (χ2v) is 8.62. The molecule has 6 heteroatoms. The quantitative estimate of drug-likeness (QED) is 0.810. The van der Waals surface area contributed by atoms with Gasteiger partial charge >= 0.3 is 0 Å². The lowest BCUT2D eigenvalue weighted by Crippen LogP contribution is -2.26. The molecule has 1 aromatic rings. The van der Waals surface area contributed by atoms with Crippen LogP contribution in [0, 0.1) is 5.92 Å². The van der Waals surface area contributed by atoms with Crippen LogP contribution in [0.3, 0.4) is 0 Å². The molecule has 0 aromatic carbocycles. The van der Waals surface area contributed by atoms with E-state index in [1.54, 1.807) is 6.07 Å². The Hall–Kier alpha value is -0.430. The molecule has 0 bridgehead atoms. The number of sulfonamides is 1. The van der Waals surface area contributed by atoms with Crippen LogP contribution in [0.4, 0.5) is 0 Å². The van der Waals surface area contributed by atoms with Crippen LogP contribution in [0.15, 0.2) is 16.3 Å². The Balaban J connectivity index is 1.60. The van der Waals surface area contributed by atoms with Crippen molar-refractivity contribution in [2.24, 2.45) is 5.92 Å². The van der Waals surface area contributed by atoms with E-state index in [-0.39, 0.29) is 6.04 Å². The molecule has 0 saturated heterocycles. The van der Waals surface area contributed by atoms with Crippen molar-refractivity contribution >= 4 is 21.4 Å². The third kappa shape index (κ3) is 3.37. The summed E-state index contributed by atoms with van der Waals surface area (Å²) in [6, 6.07) is 4.45. The Morgan fingerprint density at radius 1 is 1.37 bits per heavy atom. The molecule has 2 fully saturated rings. The van der Waals surface area contributed by atoms with Crippen molar-refractivity contribution in [2.45, 2.75) is 55.4 Å². The lowest BCUT2D eigenvalue weighted by Gasteiger charge is -2.03. The number of thiophene rings is 1. The van der Waals surface area contributed by atoms with Gasteiger partial charge in [-0.15, -0.1) is 11.3 Å². The molecule has 0 spiro atoms. The number of rotatable bonds is 7. The van der Waals surface area contributed by atoms with E-state index in [0.29, 0.717) is 16.2 Å². The van der Waals surface area contributed by atoms with E-state index in [1.165, 1.54) is 24.2 Å². The maximum absolute atomic E-state index is 12.2. The van der Waals surface area contributed by atoms with Crippen molar-refractivity contribution in [3.05, 3.63) is 17.0 Å². The van der Waals surface area contributed by atoms with Crippen LogP contribution in [0.5, 0.6) is 0 Å². The largest absolute Gasteiger partial charge is 0.309 e. The monoisotopic (exact) mass is 300 g/mol. The van der Waals surface area contributed by atoms with E-state index >= 15 is 0 Å². The minimum absolute atomic E-state index is 0.158. The Morgan fingerprint density at radius 3 is 2.79 bits per heavy atom. The molecule has 0 amide bonds. The van der Waals surface area contributed by atoms with Gasteiger partial charge in [-0.05, 0) is 37.3 Å². The van der Waals surface area contributed by atoms with Crippen LogP contribution in [0.1, 0.15) is 37.5 Å². The van der Waals surface area contributed by atoms with Crippen LogP contribution in [0.2, 0.25) is 0 Å². The van der Waals surface area contributed by atoms with E-state index in [1.807, 2.05) is 6.07 Å². The van der Waals surface area contributed by atoms with E-state index in [4.69, 9.17) is 0 Å². The van der Waals surface area contributed by atoms with Gasteiger partial charge in [-0.1, -0.05) is 13.3 Å². The van der Waals surface area contributed by atoms with Gasteiger partial charge in [0.1, 0.15) is 4.21 Å². The first kappa shape index (κ1) is 13.5. The molecule has 0 radical (unpaired) electrons. The predicted octanol–water partition coefficient (Wildman–Crippen LogP) is 2.08. The average Bonchev–Trinajstić information content (AvgIpc) is 3.27. The van der Waals surface area contributed by atoms with Gasteiger partial charge in [-0.3, -0.25) is 0 Å². The van der Waals surface area contributed by atoms with Crippen LogP contribution < -0.4 is 10.0 Å². The summed E-state index contributed by atoms with van der Waals surface area (Å²) in [6.07, 6.45) is 4.53. The van der Waals surface area contributed by atoms with Crippen molar-refractivity contribution in [3.8, 4) is 0 Å². The predicted molar refractivity (Wildman–Crippen MR) is 76.7 cm³/mol. The summed E-state index contributed by atoms with van der Waals surface area (Å²) in [4.78, 5) is 1.09. The highest BCUT2D eigenvalue weighted by Crippen LogP contribution is 2.35. The lowest BCUT2D eigenvalue weighted by atomic mass is 10.3. The first-order valence-corrected chi connectivity index (χ1v) is 9.23. The van der Waals surface area contributed by atoms with Crippen molar-refractivity contribution in [1.82, 2.24) is 10.0 Å².